The predicted molar refractivity (Wildman–Crippen MR) is 77.1 cm³/mol. The third-order valence-corrected chi connectivity index (χ3v) is 3.28. The molecule has 0 bridgehead atoms. The van der Waals surface area contributed by atoms with Crippen LogP contribution in [-0.4, -0.2) is 45.1 Å². The molecule has 21 heavy (non-hydrogen) atoms. The van der Waals surface area contributed by atoms with Crippen molar-refractivity contribution in [2.24, 2.45) is 0 Å². The Bertz CT molecular complexity index is 541. The maximum Gasteiger partial charge on any atom is 0.328 e. The molecular formula is C12H17N3O5S. The van der Waals surface area contributed by atoms with Crippen LogP contribution in [0.5, 0.6) is 0 Å². The van der Waals surface area contributed by atoms with Crippen molar-refractivity contribution in [2.45, 2.75) is 26.3 Å². The summed E-state index contributed by atoms with van der Waals surface area (Å²) in [6.45, 7) is 4.47. The zero-order valence-electron chi connectivity index (χ0n) is 11.9. The second-order valence-electron chi connectivity index (χ2n) is 4.84. The van der Waals surface area contributed by atoms with Gasteiger partial charge in [0.2, 0.25) is 11.8 Å². The zero-order chi connectivity index (χ0) is 16.0. The first-order valence-corrected chi connectivity index (χ1v) is 7.21. The normalized spacial score (nSPS) is 11.0. The van der Waals surface area contributed by atoms with E-state index in [2.05, 4.69) is 15.8 Å². The molecule has 0 spiro atoms. The second kappa shape index (κ2) is 7.11. The fraction of sp³-hybridized carbons (Fsp3) is 0.500. The summed E-state index contributed by atoms with van der Waals surface area (Å²) >= 11 is 1.07. The van der Waals surface area contributed by atoms with Gasteiger partial charge >= 0.3 is 5.97 Å². The monoisotopic (exact) mass is 315 g/mol. The molecule has 0 aliphatic heterocycles. The molecule has 116 valence electrons. The van der Waals surface area contributed by atoms with Crippen molar-refractivity contribution in [1.29, 1.82) is 0 Å². The van der Waals surface area contributed by atoms with Crippen LogP contribution in [0.1, 0.15) is 19.6 Å². The van der Waals surface area contributed by atoms with Gasteiger partial charge in [0.05, 0.1) is 11.5 Å². The minimum absolute atomic E-state index is 0.0119. The Morgan fingerprint density at radius 3 is 2.48 bits per heavy atom. The van der Waals surface area contributed by atoms with Crippen LogP contribution < -0.4 is 10.6 Å². The summed E-state index contributed by atoms with van der Waals surface area (Å²) in [7, 11) is 0. The first-order chi connectivity index (χ1) is 9.70. The minimum Gasteiger partial charge on any atom is -0.480 e. The van der Waals surface area contributed by atoms with E-state index in [4.69, 9.17) is 9.63 Å². The van der Waals surface area contributed by atoms with Crippen molar-refractivity contribution in [3.05, 3.63) is 11.8 Å². The Hall–Kier alpha value is -2.03. The maximum atomic E-state index is 11.6. The van der Waals surface area contributed by atoms with Crippen LogP contribution in [0.2, 0.25) is 0 Å². The van der Waals surface area contributed by atoms with Crippen molar-refractivity contribution >= 4 is 35.4 Å². The number of aryl methyl sites for hydroxylation is 1. The molecule has 3 N–H and O–H groups in total. The van der Waals surface area contributed by atoms with Gasteiger partial charge < -0.3 is 20.3 Å². The van der Waals surface area contributed by atoms with Gasteiger partial charge in [-0.15, -0.1) is 11.8 Å². The molecule has 0 radical (unpaired) electrons. The third kappa shape index (κ3) is 5.86. The minimum atomic E-state index is -1.34. The first-order valence-electron chi connectivity index (χ1n) is 6.06. The summed E-state index contributed by atoms with van der Waals surface area (Å²) in [6, 6.07) is 1.57. The van der Waals surface area contributed by atoms with Crippen molar-refractivity contribution < 1.29 is 24.0 Å². The van der Waals surface area contributed by atoms with Gasteiger partial charge in [-0.1, -0.05) is 5.16 Å². The molecule has 0 saturated heterocycles. The number of carboxylic acid groups (broad SMARTS) is 1. The number of thioether (sulfide) groups is 1. The quantitative estimate of drug-likeness (QED) is 0.674. The largest absolute Gasteiger partial charge is 0.480 e. The lowest BCUT2D eigenvalue weighted by molar-refractivity contribution is -0.145. The molecule has 1 aromatic heterocycles. The molecule has 1 heterocycles. The van der Waals surface area contributed by atoms with Crippen molar-refractivity contribution in [1.82, 2.24) is 10.5 Å². The summed E-state index contributed by atoms with van der Waals surface area (Å²) in [5, 5.41) is 17.4. The van der Waals surface area contributed by atoms with Crippen molar-refractivity contribution in [2.75, 3.05) is 16.8 Å². The summed E-state index contributed by atoms with van der Waals surface area (Å²) in [6.07, 6.45) is 0. The number of hydrogen-bond donors (Lipinski definition) is 3. The number of carbonyl (C=O) groups is 3. The fourth-order valence-electron chi connectivity index (χ4n) is 1.28. The third-order valence-electron chi connectivity index (χ3n) is 2.35. The van der Waals surface area contributed by atoms with Crippen LogP contribution in [0.4, 0.5) is 5.82 Å². The van der Waals surface area contributed by atoms with Gasteiger partial charge in [-0.2, -0.15) is 0 Å². The first kappa shape index (κ1) is 17.0. The highest BCUT2D eigenvalue weighted by molar-refractivity contribution is 8.00. The average Bonchev–Trinajstić information content (AvgIpc) is 2.73. The van der Waals surface area contributed by atoms with Gasteiger partial charge in [0.1, 0.15) is 11.3 Å². The van der Waals surface area contributed by atoms with Gasteiger partial charge in [-0.05, 0) is 20.8 Å². The zero-order valence-corrected chi connectivity index (χ0v) is 12.7. The number of hydrogen-bond acceptors (Lipinski definition) is 6. The van der Waals surface area contributed by atoms with E-state index in [1.165, 1.54) is 13.8 Å². The molecule has 9 heteroatoms. The van der Waals surface area contributed by atoms with E-state index in [1.54, 1.807) is 13.0 Å². The molecule has 0 aliphatic rings. The van der Waals surface area contributed by atoms with Crippen LogP contribution in [-0.2, 0) is 14.4 Å². The Balaban J connectivity index is 2.28. The van der Waals surface area contributed by atoms with E-state index in [1.807, 2.05) is 0 Å². The highest BCUT2D eigenvalue weighted by Crippen LogP contribution is 2.09. The standard InChI is InChI=1S/C12H17N3O5S/c1-7-4-8(15-20-7)13-9(16)5-21-6-10(17)14-12(2,3)11(18)19/h4H,5-6H2,1-3H3,(H,14,17)(H,18,19)(H,13,15,16). The number of anilines is 1. The molecule has 1 rings (SSSR count). The smallest absolute Gasteiger partial charge is 0.328 e. The SMILES string of the molecule is Cc1cc(NC(=O)CSCC(=O)NC(C)(C)C(=O)O)no1. The number of aliphatic carboxylic acids is 1. The Morgan fingerprint density at radius 1 is 1.33 bits per heavy atom. The lowest BCUT2D eigenvalue weighted by atomic mass is 10.1. The number of amides is 2. The number of carboxylic acids is 1. The van der Waals surface area contributed by atoms with E-state index >= 15 is 0 Å². The predicted octanol–water partition coefficient (Wildman–Crippen LogP) is 0.634. The summed E-state index contributed by atoms with van der Waals surface area (Å²) in [4.78, 5) is 34.0. The maximum absolute atomic E-state index is 11.6. The van der Waals surface area contributed by atoms with Gasteiger partial charge in [0.15, 0.2) is 5.82 Å². The van der Waals surface area contributed by atoms with Crippen LogP contribution in [0.3, 0.4) is 0 Å². The molecule has 1 aromatic rings. The van der Waals surface area contributed by atoms with E-state index in [9.17, 15) is 14.4 Å². The average molecular weight is 315 g/mol. The summed E-state index contributed by atoms with van der Waals surface area (Å²) in [5.41, 5.74) is -1.34. The molecule has 0 aromatic carbocycles. The molecule has 0 atom stereocenters. The van der Waals surface area contributed by atoms with Gasteiger partial charge in [-0.3, -0.25) is 9.59 Å². The Kier molecular flexibility index (Phi) is 5.77. The molecule has 0 fully saturated rings. The molecule has 0 saturated carbocycles. The van der Waals surface area contributed by atoms with Crippen LogP contribution in [0, 0.1) is 6.92 Å². The van der Waals surface area contributed by atoms with Crippen molar-refractivity contribution in [3.63, 3.8) is 0 Å². The number of aromatic nitrogens is 1. The van der Waals surface area contributed by atoms with E-state index in [0.29, 0.717) is 11.6 Å². The topological polar surface area (TPSA) is 122 Å². The van der Waals surface area contributed by atoms with Crippen LogP contribution in [0.15, 0.2) is 10.6 Å². The van der Waals surface area contributed by atoms with Gasteiger partial charge in [-0.25, -0.2) is 4.79 Å². The molecule has 2 amide bonds. The number of nitrogens with one attached hydrogen (secondary N) is 2. The van der Waals surface area contributed by atoms with E-state index in [-0.39, 0.29) is 17.4 Å². The molecule has 8 nitrogen and oxygen atoms in total. The molecule has 0 unspecified atom stereocenters. The van der Waals surface area contributed by atoms with Crippen LogP contribution in [0.25, 0.3) is 0 Å². The molecule has 0 aliphatic carbocycles. The lowest BCUT2D eigenvalue weighted by Gasteiger charge is -2.20. The Labute approximate surface area is 125 Å². The number of rotatable bonds is 7. The second-order valence-corrected chi connectivity index (χ2v) is 5.83. The number of carbonyl (C=O) groups excluding carboxylic acids is 2. The lowest BCUT2D eigenvalue weighted by Crippen LogP contribution is -2.50. The van der Waals surface area contributed by atoms with Gasteiger partial charge in [0.25, 0.3) is 0 Å². The van der Waals surface area contributed by atoms with Crippen molar-refractivity contribution in [3.8, 4) is 0 Å². The summed E-state index contributed by atoms with van der Waals surface area (Å²) in [5.74, 6) is -0.965. The van der Waals surface area contributed by atoms with E-state index in [0.717, 1.165) is 11.8 Å². The summed E-state index contributed by atoms with van der Waals surface area (Å²) < 4.78 is 4.79. The van der Waals surface area contributed by atoms with Crippen LogP contribution >= 0.6 is 11.8 Å². The number of nitrogens with zero attached hydrogens (tertiary/aromatic N) is 1. The highest BCUT2D eigenvalue weighted by atomic mass is 32.2. The fourth-order valence-corrected chi connectivity index (χ4v) is 1.90. The molecular weight excluding hydrogens is 298 g/mol. The Morgan fingerprint density at radius 2 is 1.95 bits per heavy atom. The van der Waals surface area contributed by atoms with E-state index < -0.39 is 17.4 Å². The van der Waals surface area contributed by atoms with Gasteiger partial charge in [0, 0.05) is 6.07 Å². The highest BCUT2D eigenvalue weighted by Gasteiger charge is 2.28.